The molecule has 2 unspecified atom stereocenters. The van der Waals surface area contributed by atoms with E-state index >= 15 is 0 Å². The van der Waals surface area contributed by atoms with Crippen LogP contribution in [0.25, 0.3) is 0 Å². The maximum Gasteiger partial charge on any atom is 0.245 e. The van der Waals surface area contributed by atoms with Crippen molar-refractivity contribution in [3.63, 3.8) is 0 Å². The predicted octanol–water partition coefficient (Wildman–Crippen LogP) is 0.583. The van der Waals surface area contributed by atoms with Crippen LogP contribution in [0, 0.1) is 5.41 Å². The van der Waals surface area contributed by atoms with Gasteiger partial charge in [-0.25, -0.2) is 0 Å². The van der Waals surface area contributed by atoms with Crippen molar-refractivity contribution in [3.05, 3.63) is 0 Å². The Morgan fingerprint density at radius 3 is 2.63 bits per heavy atom. The highest BCUT2D eigenvalue weighted by Gasteiger charge is 2.41. The number of piperazine rings is 1. The Hall–Kier alpha value is -1.10. The summed E-state index contributed by atoms with van der Waals surface area (Å²) in [6, 6.07) is -0.346. The lowest BCUT2D eigenvalue weighted by molar-refractivity contribution is -0.158. The second kappa shape index (κ2) is 5.12. The fourth-order valence-electron chi connectivity index (χ4n) is 2.70. The minimum atomic E-state index is -0.234. The number of fused-ring (bicyclic) bond motifs is 1. The molecule has 19 heavy (non-hydrogen) atoms. The van der Waals surface area contributed by atoms with Gasteiger partial charge in [-0.2, -0.15) is 0 Å². The number of hydrogen-bond acceptors (Lipinski definition) is 3. The van der Waals surface area contributed by atoms with Gasteiger partial charge in [-0.3, -0.25) is 9.59 Å². The molecule has 0 bridgehead atoms. The van der Waals surface area contributed by atoms with Gasteiger partial charge in [-0.1, -0.05) is 20.8 Å². The van der Waals surface area contributed by atoms with Crippen LogP contribution in [0.1, 0.15) is 40.0 Å². The maximum atomic E-state index is 12.4. The van der Waals surface area contributed by atoms with E-state index in [-0.39, 0.29) is 35.9 Å². The number of hydrogen-bond donors (Lipinski definition) is 1. The van der Waals surface area contributed by atoms with E-state index in [0.29, 0.717) is 6.54 Å². The Bertz CT molecular complexity index is 375. The molecular formula is C14H25N3O2. The molecule has 0 aromatic rings. The number of nitrogens with zero attached hydrogens (tertiary/aromatic N) is 2. The molecule has 108 valence electrons. The Morgan fingerprint density at radius 1 is 1.32 bits per heavy atom. The first-order chi connectivity index (χ1) is 8.80. The Labute approximate surface area is 115 Å². The molecule has 2 saturated heterocycles. The summed E-state index contributed by atoms with van der Waals surface area (Å²) in [5, 5.41) is 0. The van der Waals surface area contributed by atoms with Crippen LogP contribution in [-0.2, 0) is 9.59 Å². The molecule has 2 atom stereocenters. The molecule has 2 aliphatic rings. The highest BCUT2D eigenvalue weighted by Crippen LogP contribution is 2.25. The first-order valence-corrected chi connectivity index (χ1v) is 7.14. The Balaban J connectivity index is 2.07. The van der Waals surface area contributed by atoms with E-state index in [1.54, 1.807) is 9.80 Å². The van der Waals surface area contributed by atoms with Gasteiger partial charge in [0.25, 0.3) is 0 Å². The zero-order valence-corrected chi connectivity index (χ0v) is 12.2. The molecule has 2 fully saturated rings. The highest BCUT2D eigenvalue weighted by atomic mass is 16.2. The average Bonchev–Trinajstić information content (AvgIpc) is 2.34. The lowest BCUT2D eigenvalue weighted by Crippen LogP contribution is -2.63. The van der Waals surface area contributed by atoms with Gasteiger partial charge in [0.05, 0.1) is 6.54 Å². The van der Waals surface area contributed by atoms with Gasteiger partial charge in [0, 0.05) is 19.1 Å². The largest absolute Gasteiger partial charge is 0.330 e. The van der Waals surface area contributed by atoms with Crippen LogP contribution in [0.15, 0.2) is 0 Å². The summed E-state index contributed by atoms with van der Waals surface area (Å²) in [6.07, 6.45) is 2.84. The third-order valence-corrected chi connectivity index (χ3v) is 4.28. The van der Waals surface area contributed by atoms with Crippen molar-refractivity contribution < 1.29 is 9.59 Å². The lowest BCUT2D eigenvalue weighted by Gasteiger charge is -2.44. The zero-order valence-electron chi connectivity index (χ0n) is 12.2. The van der Waals surface area contributed by atoms with Crippen LogP contribution >= 0.6 is 0 Å². The van der Waals surface area contributed by atoms with Crippen molar-refractivity contribution in [2.75, 3.05) is 19.6 Å². The second-order valence-corrected chi connectivity index (χ2v) is 6.79. The van der Waals surface area contributed by atoms with E-state index in [0.717, 1.165) is 25.8 Å². The predicted molar refractivity (Wildman–Crippen MR) is 73.4 cm³/mol. The van der Waals surface area contributed by atoms with Crippen LogP contribution < -0.4 is 5.73 Å². The summed E-state index contributed by atoms with van der Waals surface area (Å²) >= 11 is 0. The summed E-state index contributed by atoms with van der Waals surface area (Å²) in [6.45, 7) is 7.56. The third-order valence-electron chi connectivity index (χ3n) is 4.28. The van der Waals surface area contributed by atoms with Gasteiger partial charge in [-0.05, 0) is 24.7 Å². The second-order valence-electron chi connectivity index (χ2n) is 6.79. The molecule has 5 nitrogen and oxygen atoms in total. The monoisotopic (exact) mass is 267 g/mol. The SMILES string of the molecule is CC(C)(C)C(N)CN1CC(=O)N2CCCCC2C1=O. The third kappa shape index (κ3) is 2.91. The smallest absolute Gasteiger partial charge is 0.245 e. The summed E-state index contributed by atoms with van der Waals surface area (Å²) < 4.78 is 0. The Kier molecular flexibility index (Phi) is 3.85. The molecule has 5 heteroatoms. The topological polar surface area (TPSA) is 66.6 Å². The maximum absolute atomic E-state index is 12.4. The molecule has 2 N–H and O–H groups in total. The van der Waals surface area contributed by atoms with Gasteiger partial charge in [0.1, 0.15) is 6.04 Å². The number of nitrogens with two attached hydrogens (primary N) is 1. The molecule has 2 heterocycles. The molecule has 2 aliphatic heterocycles. The van der Waals surface area contributed by atoms with Gasteiger partial charge in [-0.15, -0.1) is 0 Å². The number of carbonyl (C=O) groups excluding carboxylic acids is 2. The summed E-state index contributed by atoms with van der Waals surface area (Å²) in [7, 11) is 0. The highest BCUT2D eigenvalue weighted by molar-refractivity contribution is 5.95. The van der Waals surface area contributed by atoms with E-state index in [1.165, 1.54) is 0 Å². The van der Waals surface area contributed by atoms with E-state index in [1.807, 2.05) is 0 Å². The van der Waals surface area contributed by atoms with Crippen LogP contribution in [-0.4, -0.2) is 53.3 Å². The van der Waals surface area contributed by atoms with Gasteiger partial charge in [0.2, 0.25) is 11.8 Å². The number of rotatable bonds is 2. The normalized spacial score (nSPS) is 26.4. The summed E-state index contributed by atoms with van der Waals surface area (Å²) in [5.41, 5.74) is 6.08. The molecule has 0 aliphatic carbocycles. The molecule has 0 radical (unpaired) electrons. The van der Waals surface area contributed by atoms with Crippen molar-refractivity contribution in [3.8, 4) is 0 Å². The van der Waals surface area contributed by atoms with Crippen LogP contribution in [0.5, 0.6) is 0 Å². The quantitative estimate of drug-likeness (QED) is 0.796. The van der Waals surface area contributed by atoms with Crippen molar-refractivity contribution in [2.45, 2.75) is 52.1 Å². The first-order valence-electron chi connectivity index (χ1n) is 7.14. The molecular weight excluding hydrogens is 242 g/mol. The van der Waals surface area contributed by atoms with Gasteiger partial charge < -0.3 is 15.5 Å². The van der Waals surface area contributed by atoms with Gasteiger partial charge >= 0.3 is 0 Å². The lowest BCUT2D eigenvalue weighted by atomic mass is 9.86. The Morgan fingerprint density at radius 2 is 2.00 bits per heavy atom. The minimum Gasteiger partial charge on any atom is -0.330 e. The standard InChI is InChI=1S/C14H25N3O2/c1-14(2,3)11(15)8-16-9-12(18)17-7-5-4-6-10(17)13(16)19/h10-11H,4-9,15H2,1-3H3. The van der Waals surface area contributed by atoms with Crippen molar-refractivity contribution in [2.24, 2.45) is 11.1 Å². The van der Waals surface area contributed by atoms with Crippen molar-refractivity contribution >= 4 is 11.8 Å². The van der Waals surface area contributed by atoms with Crippen molar-refractivity contribution in [1.82, 2.24) is 9.80 Å². The van der Waals surface area contributed by atoms with E-state index in [4.69, 9.17) is 5.73 Å². The minimum absolute atomic E-state index is 0.0625. The molecule has 2 rings (SSSR count). The van der Waals surface area contributed by atoms with E-state index < -0.39 is 0 Å². The molecule has 2 amide bonds. The fraction of sp³-hybridized carbons (Fsp3) is 0.857. The van der Waals surface area contributed by atoms with E-state index in [2.05, 4.69) is 20.8 Å². The van der Waals surface area contributed by atoms with Crippen molar-refractivity contribution in [1.29, 1.82) is 0 Å². The van der Waals surface area contributed by atoms with Gasteiger partial charge in [0.15, 0.2) is 0 Å². The number of piperidine rings is 1. The van der Waals surface area contributed by atoms with E-state index in [9.17, 15) is 9.59 Å². The zero-order chi connectivity index (χ0) is 14.2. The summed E-state index contributed by atoms with van der Waals surface area (Å²) in [5.74, 6) is 0.157. The number of carbonyl (C=O) groups is 2. The van der Waals surface area contributed by atoms with Crippen LogP contribution in [0.4, 0.5) is 0 Å². The molecule has 0 spiro atoms. The average molecular weight is 267 g/mol. The van der Waals surface area contributed by atoms with Crippen LogP contribution in [0.2, 0.25) is 0 Å². The fourth-order valence-corrected chi connectivity index (χ4v) is 2.70. The molecule has 0 aromatic carbocycles. The molecule has 0 aromatic heterocycles. The molecule has 0 saturated carbocycles. The number of amides is 2. The van der Waals surface area contributed by atoms with Crippen LogP contribution in [0.3, 0.4) is 0 Å². The summed E-state index contributed by atoms with van der Waals surface area (Å²) in [4.78, 5) is 28.0. The first kappa shape index (κ1) is 14.3.